The zero-order valence-corrected chi connectivity index (χ0v) is 17.3. The first-order valence-corrected chi connectivity index (χ1v) is 10.5. The number of hydrogen-bond donors (Lipinski definition) is 0. The zero-order valence-electron chi connectivity index (χ0n) is 15.7. The summed E-state index contributed by atoms with van der Waals surface area (Å²) in [5.41, 5.74) is 1.16. The lowest BCUT2D eigenvalue weighted by atomic mass is 9.91. The van der Waals surface area contributed by atoms with E-state index in [1.54, 1.807) is 30.2 Å². The Balaban J connectivity index is 1.69. The van der Waals surface area contributed by atoms with Crippen LogP contribution in [0.5, 0.6) is 0 Å². The average Bonchev–Trinajstić information content (AvgIpc) is 3.26. The second kappa shape index (κ2) is 7.85. The number of rotatable bonds is 7. The van der Waals surface area contributed by atoms with E-state index >= 15 is 0 Å². The first kappa shape index (κ1) is 19.4. The second-order valence-corrected chi connectivity index (χ2v) is 8.77. The van der Waals surface area contributed by atoms with Crippen LogP contribution in [0.4, 0.5) is 4.39 Å². The Labute approximate surface area is 173 Å². The third kappa shape index (κ3) is 3.69. The molecule has 2 aromatic carbocycles. The Bertz CT molecular complexity index is 964. The van der Waals surface area contributed by atoms with Crippen LogP contribution in [0.3, 0.4) is 0 Å². The molecule has 0 aliphatic carbocycles. The third-order valence-corrected chi connectivity index (χ3v) is 6.67. The van der Waals surface area contributed by atoms with E-state index in [-0.39, 0.29) is 11.9 Å². The molecule has 4 nitrogen and oxygen atoms in total. The summed E-state index contributed by atoms with van der Waals surface area (Å²) in [5, 5.41) is 6.36. The van der Waals surface area contributed by atoms with Crippen LogP contribution >= 0.6 is 23.4 Å². The fourth-order valence-corrected chi connectivity index (χ4v) is 4.38. The summed E-state index contributed by atoms with van der Waals surface area (Å²) in [7, 11) is 0. The maximum Gasteiger partial charge on any atom is 0.186 e. The lowest BCUT2D eigenvalue weighted by molar-refractivity contribution is 0.256. The van der Waals surface area contributed by atoms with Crippen molar-refractivity contribution in [3.05, 3.63) is 76.8 Å². The summed E-state index contributed by atoms with van der Waals surface area (Å²) in [6, 6.07) is 14.1. The number of halogens is 2. The molecule has 28 heavy (non-hydrogen) atoms. The fraction of sp³-hybridized carbons (Fsp3) is 0.333. The van der Waals surface area contributed by atoms with Gasteiger partial charge in [-0.05, 0) is 30.2 Å². The largest absolute Gasteiger partial charge is 0.354 e. The number of nitrogens with zero attached hydrogens (tertiary/aromatic N) is 3. The van der Waals surface area contributed by atoms with Crippen molar-refractivity contribution in [1.29, 1.82) is 0 Å². The summed E-state index contributed by atoms with van der Waals surface area (Å²) in [6.07, 6.45) is 2.38. The van der Waals surface area contributed by atoms with Crippen molar-refractivity contribution < 1.29 is 9.13 Å². The summed E-state index contributed by atoms with van der Waals surface area (Å²) >= 11 is 8.11. The molecule has 2 heterocycles. The molecule has 0 saturated carbocycles. The van der Waals surface area contributed by atoms with Gasteiger partial charge in [0.25, 0.3) is 0 Å². The molecule has 1 aliphatic rings. The van der Waals surface area contributed by atoms with E-state index in [4.69, 9.17) is 16.3 Å². The lowest BCUT2D eigenvalue weighted by Gasteiger charge is -2.16. The van der Waals surface area contributed by atoms with E-state index in [0.29, 0.717) is 16.8 Å². The smallest absolute Gasteiger partial charge is 0.186 e. The SMILES string of the molecule is CCC(C)Sc1ncnn1C[C@]1(c2ccc(F)cc2)O[C@@H]1c1ccccc1Cl. The van der Waals surface area contributed by atoms with Crippen LogP contribution in [0.15, 0.2) is 60.0 Å². The summed E-state index contributed by atoms with van der Waals surface area (Å²) < 4.78 is 21.6. The van der Waals surface area contributed by atoms with Gasteiger partial charge in [-0.3, -0.25) is 0 Å². The van der Waals surface area contributed by atoms with Crippen molar-refractivity contribution in [2.75, 3.05) is 0 Å². The van der Waals surface area contributed by atoms with Crippen LogP contribution in [-0.2, 0) is 16.9 Å². The minimum absolute atomic E-state index is 0.225. The molecule has 1 unspecified atom stereocenters. The first-order valence-electron chi connectivity index (χ1n) is 9.26. The summed E-state index contributed by atoms with van der Waals surface area (Å²) in [6.45, 7) is 4.79. The number of epoxide rings is 1. The minimum atomic E-state index is -0.656. The topological polar surface area (TPSA) is 43.2 Å². The number of hydrogen-bond acceptors (Lipinski definition) is 4. The van der Waals surface area contributed by atoms with Gasteiger partial charge in [-0.2, -0.15) is 5.10 Å². The molecule has 0 amide bonds. The molecule has 4 rings (SSSR count). The molecular formula is C21H21ClFN3OS. The number of ether oxygens (including phenoxy) is 1. The zero-order chi connectivity index (χ0) is 19.7. The van der Waals surface area contributed by atoms with Crippen LogP contribution in [0.25, 0.3) is 0 Å². The third-order valence-electron chi connectivity index (χ3n) is 5.06. The molecule has 7 heteroatoms. The first-order chi connectivity index (χ1) is 13.5. The van der Waals surface area contributed by atoms with Gasteiger partial charge in [-0.1, -0.05) is 67.5 Å². The van der Waals surface area contributed by atoms with Gasteiger partial charge in [0, 0.05) is 15.8 Å². The Kier molecular flexibility index (Phi) is 5.45. The van der Waals surface area contributed by atoms with Gasteiger partial charge < -0.3 is 4.74 Å². The van der Waals surface area contributed by atoms with Gasteiger partial charge in [-0.15, -0.1) is 0 Å². The molecule has 1 aliphatic heterocycles. The van der Waals surface area contributed by atoms with Crippen LogP contribution in [-0.4, -0.2) is 20.0 Å². The van der Waals surface area contributed by atoms with Crippen molar-refractivity contribution in [2.24, 2.45) is 0 Å². The molecule has 0 bridgehead atoms. The summed E-state index contributed by atoms with van der Waals surface area (Å²) in [5.74, 6) is -0.275. The predicted octanol–water partition coefficient (Wildman–Crippen LogP) is 5.63. The highest BCUT2D eigenvalue weighted by atomic mass is 35.5. The minimum Gasteiger partial charge on any atom is -0.354 e. The van der Waals surface area contributed by atoms with Crippen molar-refractivity contribution in [3.63, 3.8) is 0 Å². The molecule has 3 atom stereocenters. The monoisotopic (exact) mass is 417 g/mol. The molecular weight excluding hydrogens is 397 g/mol. The quantitative estimate of drug-likeness (QED) is 0.369. The number of benzene rings is 2. The standard InChI is InChI=1S/C21H21ClFN3OS/c1-3-14(2)28-20-24-13-25-26(20)12-21(15-8-10-16(23)11-9-15)19(27-21)17-6-4-5-7-18(17)22/h4-11,13-14,19H,3,12H2,1-2H3/t14?,19-,21-/m1/s1. The van der Waals surface area contributed by atoms with E-state index in [1.807, 2.05) is 28.9 Å². The van der Waals surface area contributed by atoms with Crippen molar-refractivity contribution in [3.8, 4) is 0 Å². The van der Waals surface area contributed by atoms with Gasteiger partial charge in [0.1, 0.15) is 23.8 Å². The Morgan fingerprint density at radius 1 is 1.25 bits per heavy atom. The molecule has 1 fully saturated rings. The molecule has 146 valence electrons. The van der Waals surface area contributed by atoms with Crippen LogP contribution in [0, 0.1) is 5.82 Å². The highest BCUT2D eigenvalue weighted by Crippen LogP contribution is 2.59. The lowest BCUT2D eigenvalue weighted by Crippen LogP contribution is -2.21. The highest BCUT2D eigenvalue weighted by Gasteiger charge is 2.59. The Morgan fingerprint density at radius 2 is 2.00 bits per heavy atom. The Hall–Kier alpha value is -1.89. The molecule has 1 saturated heterocycles. The van der Waals surface area contributed by atoms with Crippen molar-refractivity contribution in [1.82, 2.24) is 14.8 Å². The molecule has 0 spiro atoms. The van der Waals surface area contributed by atoms with Crippen LogP contribution in [0.1, 0.15) is 37.5 Å². The van der Waals surface area contributed by atoms with Gasteiger partial charge in [-0.25, -0.2) is 14.1 Å². The summed E-state index contributed by atoms with van der Waals surface area (Å²) in [4.78, 5) is 4.41. The van der Waals surface area contributed by atoms with E-state index in [0.717, 1.165) is 22.7 Å². The predicted molar refractivity (Wildman–Crippen MR) is 109 cm³/mol. The van der Waals surface area contributed by atoms with Gasteiger partial charge in [0.2, 0.25) is 0 Å². The van der Waals surface area contributed by atoms with Crippen molar-refractivity contribution in [2.45, 2.75) is 48.9 Å². The molecule has 0 N–H and O–H groups in total. The highest BCUT2D eigenvalue weighted by molar-refractivity contribution is 7.99. The number of aromatic nitrogens is 3. The fourth-order valence-electron chi connectivity index (χ4n) is 3.28. The van der Waals surface area contributed by atoms with Crippen LogP contribution < -0.4 is 0 Å². The van der Waals surface area contributed by atoms with Crippen LogP contribution in [0.2, 0.25) is 5.02 Å². The van der Waals surface area contributed by atoms with Crippen molar-refractivity contribution >= 4 is 23.4 Å². The molecule has 1 aromatic heterocycles. The molecule has 3 aromatic rings. The molecule has 0 radical (unpaired) electrons. The van der Waals surface area contributed by atoms with Gasteiger partial charge in [0.05, 0.1) is 6.54 Å². The van der Waals surface area contributed by atoms with E-state index in [1.165, 1.54) is 12.1 Å². The normalized spacial score (nSPS) is 22.2. The van der Waals surface area contributed by atoms with E-state index < -0.39 is 5.60 Å². The maximum absolute atomic E-state index is 13.5. The Morgan fingerprint density at radius 3 is 2.71 bits per heavy atom. The van der Waals surface area contributed by atoms with Gasteiger partial charge in [0.15, 0.2) is 5.16 Å². The number of thioether (sulfide) groups is 1. The maximum atomic E-state index is 13.5. The van der Waals surface area contributed by atoms with E-state index in [2.05, 4.69) is 23.9 Å². The van der Waals surface area contributed by atoms with Gasteiger partial charge >= 0.3 is 0 Å². The van der Waals surface area contributed by atoms with E-state index in [9.17, 15) is 4.39 Å². The average molecular weight is 418 g/mol. The second-order valence-electron chi connectivity index (χ2n) is 6.95.